The highest BCUT2D eigenvalue weighted by Gasteiger charge is 2.13. The Morgan fingerprint density at radius 3 is 2.17 bits per heavy atom. The number of aryl methyl sites for hydroxylation is 3. The van der Waals surface area contributed by atoms with E-state index >= 15 is 0 Å². The number of nitrogens with zero attached hydrogens (tertiary/aromatic N) is 1. The first kappa shape index (κ1) is 15.8. The van der Waals surface area contributed by atoms with Crippen molar-refractivity contribution in [2.24, 2.45) is 0 Å². The van der Waals surface area contributed by atoms with Gasteiger partial charge in [0.2, 0.25) is 0 Å². The maximum atomic E-state index is 12.4. The van der Waals surface area contributed by atoms with E-state index in [-0.39, 0.29) is 11.1 Å². The Morgan fingerprint density at radius 1 is 0.875 bits per heavy atom. The lowest BCUT2D eigenvalue weighted by Gasteiger charge is -2.11. The van der Waals surface area contributed by atoms with Gasteiger partial charge >= 0.3 is 0 Å². The molecule has 0 unspecified atom stereocenters. The molecular weight excluding hydrogens is 296 g/mol. The molecule has 0 atom stereocenters. The fraction of sp³-hybridized carbons (Fsp3) is 0.143. The minimum atomic E-state index is -0.356. The summed E-state index contributed by atoms with van der Waals surface area (Å²) in [4.78, 5) is 15.3. The molecule has 3 heteroatoms. The van der Waals surface area contributed by atoms with E-state index in [4.69, 9.17) is 0 Å². The maximum Gasteiger partial charge on any atom is 0.266 e. The van der Waals surface area contributed by atoms with E-state index in [2.05, 4.69) is 11.1 Å². The van der Waals surface area contributed by atoms with Gasteiger partial charge < -0.3 is 4.98 Å². The molecule has 0 amide bonds. The summed E-state index contributed by atoms with van der Waals surface area (Å²) in [6.45, 7) is 6.06. The van der Waals surface area contributed by atoms with Crippen molar-refractivity contribution in [2.45, 2.75) is 20.8 Å². The average molecular weight is 314 g/mol. The maximum absolute atomic E-state index is 12.4. The van der Waals surface area contributed by atoms with Crippen molar-refractivity contribution in [3.8, 4) is 28.5 Å². The summed E-state index contributed by atoms with van der Waals surface area (Å²) in [5.41, 5.74) is 6.42. The highest BCUT2D eigenvalue weighted by Crippen LogP contribution is 2.28. The molecule has 3 aromatic rings. The van der Waals surface area contributed by atoms with Crippen LogP contribution in [0.2, 0.25) is 0 Å². The minimum absolute atomic E-state index is 0.146. The molecule has 0 saturated carbocycles. The van der Waals surface area contributed by atoms with Gasteiger partial charge in [0, 0.05) is 16.8 Å². The zero-order chi connectivity index (χ0) is 17.3. The molecule has 0 bridgehead atoms. The van der Waals surface area contributed by atoms with Crippen molar-refractivity contribution in [3.63, 3.8) is 0 Å². The smallest absolute Gasteiger partial charge is 0.266 e. The molecule has 3 rings (SSSR count). The normalized spacial score (nSPS) is 10.4. The van der Waals surface area contributed by atoms with Crippen molar-refractivity contribution < 1.29 is 0 Å². The first-order valence-electron chi connectivity index (χ1n) is 7.81. The standard InChI is InChI=1S/C21H18N2O/c1-13-4-7-16(8-5-13)18-11-20(23-21(24)19(18)12-22)17-9-6-14(2)10-15(17)3/h4-11H,1-3H3,(H,23,24). The van der Waals surface area contributed by atoms with Crippen LogP contribution in [0.15, 0.2) is 53.3 Å². The van der Waals surface area contributed by atoms with Crippen LogP contribution >= 0.6 is 0 Å². The molecule has 1 N–H and O–H groups in total. The first-order valence-corrected chi connectivity index (χ1v) is 7.81. The van der Waals surface area contributed by atoms with Crippen molar-refractivity contribution >= 4 is 0 Å². The van der Waals surface area contributed by atoms with E-state index in [1.54, 1.807) is 0 Å². The molecule has 0 aliphatic carbocycles. The number of rotatable bonds is 2. The van der Waals surface area contributed by atoms with Gasteiger partial charge in [-0.3, -0.25) is 4.79 Å². The summed E-state index contributed by atoms with van der Waals surface area (Å²) in [5.74, 6) is 0. The zero-order valence-electron chi connectivity index (χ0n) is 14.0. The second-order valence-electron chi connectivity index (χ2n) is 6.10. The lowest BCUT2D eigenvalue weighted by molar-refractivity contribution is 1.21. The van der Waals surface area contributed by atoms with Crippen molar-refractivity contribution in [1.29, 1.82) is 5.26 Å². The van der Waals surface area contributed by atoms with Crippen molar-refractivity contribution in [1.82, 2.24) is 4.98 Å². The van der Waals surface area contributed by atoms with E-state index in [9.17, 15) is 10.1 Å². The predicted octanol–water partition coefficient (Wildman–Crippen LogP) is 4.51. The summed E-state index contributed by atoms with van der Waals surface area (Å²) in [6, 6.07) is 17.9. The first-order chi connectivity index (χ1) is 11.5. The number of nitrogens with one attached hydrogen (secondary N) is 1. The summed E-state index contributed by atoms with van der Waals surface area (Å²) >= 11 is 0. The highest BCUT2D eigenvalue weighted by atomic mass is 16.1. The monoisotopic (exact) mass is 314 g/mol. The number of pyridine rings is 1. The highest BCUT2D eigenvalue weighted by molar-refractivity contribution is 5.76. The van der Waals surface area contributed by atoms with E-state index < -0.39 is 0 Å². The summed E-state index contributed by atoms with van der Waals surface area (Å²) in [6.07, 6.45) is 0. The molecule has 0 aliphatic heterocycles. The lowest BCUT2D eigenvalue weighted by atomic mass is 9.96. The average Bonchev–Trinajstić information content (AvgIpc) is 2.55. The molecule has 118 valence electrons. The lowest BCUT2D eigenvalue weighted by Crippen LogP contribution is -2.13. The number of hydrogen-bond donors (Lipinski definition) is 1. The van der Waals surface area contributed by atoms with Gasteiger partial charge in [-0.1, -0.05) is 53.6 Å². The van der Waals surface area contributed by atoms with Gasteiger partial charge in [-0.2, -0.15) is 5.26 Å². The number of benzene rings is 2. The number of H-pyrrole nitrogens is 1. The van der Waals surface area contributed by atoms with E-state index in [0.717, 1.165) is 27.9 Å². The quantitative estimate of drug-likeness (QED) is 0.757. The SMILES string of the molecule is Cc1ccc(-c2cc(-c3ccc(C)cc3C)[nH]c(=O)c2C#N)cc1. The third-order valence-corrected chi connectivity index (χ3v) is 4.18. The topological polar surface area (TPSA) is 56.6 Å². The number of aromatic amines is 1. The number of aromatic nitrogens is 1. The van der Waals surface area contributed by atoms with E-state index in [1.165, 1.54) is 5.56 Å². The molecule has 24 heavy (non-hydrogen) atoms. The molecule has 0 radical (unpaired) electrons. The Balaban J connectivity index is 2.26. The van der Waals surface area contributed by atoms with Crippen molar-refractivity contribution in [3.05, 3.63) is 81.1 Å². The third-order valence-electron chi connectivity index (χ3n) is 4.18. The number of hydrogen-bond acceptors (Lipinski definition) is 2. The Bertz CT molecular complexity index is 1010. The Hall–Kier alpha value is -3.12. The predicted molar refractivity (Wildman–Crippen MR) is 96.9 cm³/mol. The molecule has 1 aromatic heterocycles. The van der Waals surface area contributed by atoms with Crippen LogP contribution in [0.4, 0.5) is 0 Å². The largest absolute Gasteiger partial charge is 0.321 e. The van der Waals surface area contributed by atoms with Crippen LogP contribution in [0, 0.1) is 32.1 Å². The van der Waals surface area contributed by atoms with Gasteiger partial charge in [-0.15, -0.1) is 0 Å². The number of nitriles is 1. The van der Waals surface area contributed by atoms with E-state index in [0.29, 0.717) is 5.56 Å². The van der Waals surface area contributed by atoms with Gasteiger partial charge in [-0.05, 0) is 38.0 Å². The van der Waals surface area contributed by atoms with Gasteiger partial charge in [0.05, 0.1) is 0 Å². The minimum Gasteiger partial charge on any atom is -0.321 e. The van der Waals surface area contributed by atoms with E-state index in [1.807, 2.05) is 69.3 Å². The Kier molecular flexibility index (Phi) is 4.05. The van der Waals surface area contributed by atoms with Crippen LogP contribution < -0.4 is 5.56 Å². The molecule has 0 fully saturated rings. The molecule has 1 heterocycles. The van der Waals surface area contributed by atoms with Crippen LogP contribution in [0.5, 0.6) is 0 Å². The third kappa shape index (κ3) is 2.87. The molecule has 2 aromatic carbocycles. The fourth-order valence-corrected chi connectivity index (χ4v) is 2.89. The molecule has 3 nitrogen and oxygen atoms in total. The molecule has 0 saturated heterocycles. The van der Waals surface area contributed by atoms with Crippen molar-refractivity contribution in [2.75, 3.05) is 0 Å². The zero-order valence-corrected chi connectivity index (χ0v) is 14.0. The van der Waals surface area contributed by atoms with Crippen LogP contribution in [-0.4, -0.2) is 4.98 Å². The van der Waals surface area contributed by atoms with Crippen LogP contribution in [-0.2, 0) is 0 Å². The molecule has 0 aliphatic rings. The fourth-order valence-electron chi connectivity index (χ4n) is 2.89. The van der Waals surface area contributed by atoms with Crippen LogP contribution in [0.1, 0.15) is 22.3 Å². The van der Waals surface area contributed by atoms with Gasteiger partial charge in [0.15, 0.2) is 0 Å². The summed E-state index contributed by atoms with van der Waals surface area (Å²) in [5, 5.41) is 9.40. The van der Waals surface area contributed by atoms with Crippen LogP contribution in [0.3, 0.4) is 0 Å². The Morgan fingerprint density at radius 2 is 1.54 bits per heavy atom. The van der Waals surface area contributed by atoms with Gasteiger partial charge in [-0.25, -0.2) is 0 Å². The van der Waals surface area contributed by atoms with Crippen LogP contribution in [0.25, 0.3) is 22.4 Å². The second-order valence-corrected chi connectivity index (χ2v) is 6.10. The molecular formula is C21H18N2O. The Labute approximate surface area is 141 Å². The van der Waals surface area contributed by atoms with Gasteiger partial charge in [0.25, 0.3) is 5.56 Å². The second kappa shape index (κ2) is 6.17. The summed E-state index contributed by atoms with van der Waals surface area (Å²) < 4.78 is 0. The summed E-state index contributed by atoms with van der Waals surface area (Å²) in [7, 11) is 0. The van der Waals surface area contributed by atoms with Gasteiger partial charge in [0.1, 0.15) is 11.6 Å². The molecule has 0 spiro atoms.